The maximum atomic E-state index is 12.8. The lowest BCUT2D eigenvalue weighted by Crippen LogP contribution is -2.29. The van der Waals surface area contributed by atoms with Gasteiger partial charge in [0.1, 0.15) is 5.69 Å². The van der Waals surface area contributed by atoms with E-state index in [2.05, 4.69) is 37.4 Å². The molecule has 0 aliphatic rings. The SMILES string of the molecule is Cc1ccc(C)c(-n2nc(-c3ccccc3)cc2C(=O)NCC(C)C)c1. The molecule has 0 fully saturated rings. The summed E-state index contributed by atoms with van der Waals surface area (Å²) in [5.41, 5.74) is 5.49. The van der Waals surface area contributed by atoms with Gasteiger partial charge >= 0.3 is 0 Å². The van der Waals surface area contributed by atoms with Gasteiger partial charge in [-0.1, -0.05) is 56.3 Å². The Hall–Kier alpha value is -2.88. The summed E-state index contributed by atoms with van der Waals surface area (Å²) < 4.78 is 1.76. The average molecular weight is 347 g/mol. The summed E-state index contributed by atoms with van der Waals surface area (Å²) in [4.78, 5) is 12.8. The van der Waals surface area contributed by atoms with Crippen LogP contribution in [0.1, 0.15) is 35.5 Å². The number of aryl methyl sites for hydroxylation is 2. The van der Waals surface area contributed by atoms with Crippen molar-refractivity contribution in [2.24, 2.45) is 5.92 Å². The molecule has 0 aliphatic heterocycles. The molecule has 26 heavy (non-hydrogen) atoms. The van der Waals surface area contributed by atoms with Crippen LogP contribution in [0.5, 0.6) is 0 Å². The summed E-state index contributed by atoms with van der Waals surface area (Å²) >= 11 is 0. The zero-order chi connectivity index (χ0) is 18.7. The van der Waals surface area contributed by atoms with E-state index in [1.807, 2.05) is 50.2 Å². The summed E-state index contributed by atoms with van der Waals surface area (Å²) in [6.07, 6.45) is 0. The van der Waals surface area contributed by atoms with Gasteiger partial charge in [0, 0.05) is 12.1 Å². The standard InChI is InChI=1S/C22H25N3O/c1-15(2)14-23-22(26)21-13-19(18-8-6-5-7-9-18)24-25(21)20-12-16(3)10-11-17(20)4/h5-13,15H,14H2,1-4H3,(H,23,26). The van der Waals surface area contributed by atoms with Crippen LogP contribution in [0.2, 0.25) is 0 Å². The molecule has 1 heterocycles. The van der Waals surface area contributed by atoms with Gasteiger partial charge < -0.3 is 5.32 Å². The number of amides is 1. The lowest BCUT2D eigenvalue weighted by molar-refractivity contribution is 0.0941. The van der Waals surface area contributed by atoms with Crippen LogP contribution in [0, 0.1) is 19.8 Å². The second-order valence-corrected chi connectivity index (χ2v) is 7.09. The van der Waals surface area contributed by atoms with Crippen molar-refractivity contribution < 1.29 is 4.79 Å². The van der Waals surface area contributed by atoms with Crippen molar-refractivity contribution in [3.63, 3.8) is 0 Å². The van der Waals surface area contributed by atoms with Crippen molar-refractivity contribution in [1.82, 2.24) is 15.1 Å². The molecule has 0 radical (unpaired) electrons. The van der Waals surface area contributed by atoms with E-state index in [9.17, 15) is 4.79 Å². The molecule has 3 aromatic rings. The van der Waals surface area contributed by atoms with Crippen LogP contribution in [0.25, 0.3) is 16.9 Å². The largest absolute Gasteiger partial charge is 0.350 e. The number of hydrogen-bond acceptors (Lipinski definition) is 2. The normalized spacial score (nSPS) is 11.0. The second-order valence-electron chi connectivity index (χ2n) is 7.09. The van der Waals surface area contributed by atoms with Crippen LogP contribution in [-0.4, -0.2) is 22.2 Å². The molecule has 1 aromatic heterocycles. The Morgan fingerprint density at radius 2 is 1.81 bits per heavy atom. The topological polar surface area (TPSA) is 46.9 Å². The van der Waals surface area contributed by atoms with E-state index in [0.717, 1.165) is 28.1 Å². The molecule has 0 aliphatic carbocycles. The zero-order valence-electron chi connectivity index (χ0n) is 15.8. The van der Waals surface area contributed by atoms with Gasteiger partial charge in [-0.05, 0) is 43.0 Å². The Bertz CT molecular complexity index is 910. The predicted octanol–water partition coefficient (Wildman–Crippen LogP) is 4.54. The third-order valence-corrected chi connectivity index (χ3v) is 4.28. The molecule has 0 bridgehead atoms. The zero-order valence-corrected chi connectivity index (χ0v) is 15.8. The second kappa shape index (κ2) is 7.56. The molecule has 0 saturated carbocycles. The molecular formula is C22H25N3O. The van der Waals surface area contributed by atoms with Crippen LogP contribution >= 0.6 is 0 Å². The smallest absolute Gasteiger partial charge is 0.270 e. The van der Waals surface area contributed by atoms with Crippen molar-refractivity contribution in [1.29, 1.82) is 0 Å². The molecule has 1 amide bonds. The van der Waals surface area contributed by atoms with Crippen LogP contribution in [0.4, 0.5) is 0 Å². The van der Waals surface area contributed by atoms with Gasteiger partial charge in [-0.25, -0.2) is 4.68 Å². The molecular weight excluding hydrogens is 322 g/mol. The third-order valence-electron chi connectivity index (χ3n) is 4.28. The highest BCUT2D eigenvalue weighted by atomic mass is 16.2. The fraction of sp³-hybridized carbons (Fsp3) is 0.273. The summed E-state index contributed by atoms with van der Waals surface area (Å²) in [5.74, 6) is 0.291. The highest BCUT2D eigenvalue weighted by molar-refractivity contribution is 5.94. The molecule has 2 aromatic carbocycles. The number of carbonyl (C=O) groups is 1. The van der Waals surface area contributed by atoms with Gasteiger partial charge in [-0.15, -0.1) is 0 Å². The quantitative estimate of drug-likeness (QED) is 0.736. The first-order valence-corrected chi connectivity index (χ1v) is 8.97. The summed E-state index contributed by atoms with van der Waals surface area (Å²) in [7, 11) is 0. The maximum Gasteiger partial charge on any atom is 0.270 e. The van der Waals surface area contributed by atoms with Crippen molar-refractivity contribution >= 4 is 5.91 Å². The number of benzene rings is 2. The fourth-order valence-electron chi connectivity index (χ4n) is 2.81. The molecule has 1 N–H and O–H groups in total. The first-order valence-electron chi connectivity index (χ1n) is 8.97. The first kappa shape index (κ1) is 17.9. The van der Waals surface area contributed by atoms with E-state index in [0.29, 0.717) is 18.2 Å². The van der Waals surface area contributed by atoms with Gasteiger partial charge in [0.25, 0.3) is 5.91 Å². The highest BCUT2D eigenvalue weighted by Gasteiger charge is 2.18. The minimum Gasteiger partial charge on any atom is -0.350 e. The van der Waals surface area contributed by atoms with Crippen LogP contribution in [0.3, 0.4) is 0 Å². The number of hydrogen-bond donors (Lipinski definition) is 1. The molecule has 0 unspecified atom stereocenters. The number of nitrogens with zero attached hydrogens (tertiary/aromatic N) is 2. The average Bonchev–Trinajstić information content (AvgIpc) is 3.07. The van der Waals surface area contributed by atoms with E-state index in [-0.39, 0.29) is 5.91 Å². The minimum atomic E-state index is -0.103. The first-order chi connectivity index (χ1) is 12.5. The molecule has 0 spiro atoms. The van der Waals surface area contributed by atoms with Crippen molar-refractivity contribution in [2.45, 2.75) is 27.7 Å². The lowest BCUT2D eigenvalue weighted by atomic mass is 10.1. The van der Waals surface area contributed by atoms with Gasteiger partial charge in [-0.3, -0.25) is 4.79 Å². The molecule has 4 heteroatoms. The number of nitrogens with one attached hydrogen (secondary N) is 1. The van der Waals surface area contributed by atoms with Crippen molar-refractivity contribution in [3.8, 4) is 16.9 Å². The van der Waals surface area contributed by atoms with E-state index < -0.39 is 0 Å². The van der Waals surface area contributed by atoms with Crippen LogP contribution in [-0.2, 0) is 0 Å². The van der Waals surface area contributed by atoms with E-state index in [4.69, 9.17) is 5.10 Å². The lowest BCUT2D eigenvalue weighted by Gasteiger charge is -2.12. The number of aromatic nitrogens is 2. The maximum absolute atomic E-state index is 12.8. The van der Waals surface area contributed by atoms with Crippen molar-refractivity contribution in [2.75, 3.05) is 6.54 Å². The predicted molar refractivity (Wildman–Crippen MR) is 106 cm³/mol. The third kappa shape index (κ3) is 3.85. The van der Waals surface area contributed by atoms with Gasteiger partial charge in [0.15, 0.2) is 0 Å². The molecule has 134 valence electrons. The highest BCUT2D eigenvalue weighted by Crippen LogP contribution is 2.24. The van der Waals surface area contributed by atoms with Crippen molar-refractivity contribution in [3.05, 3.63) is 71.4 Å². The van der Waals surface area contributed by atoms with Crippen LogP contribution < -0.4 is 5.32 Å². The van der Waals surface area contributed by atoms with Gasteiger partial charge in [-0.2, -0.15) is 5.10 Å². The Morgan fingerprint density at radius 3 is 2.50 bits per heavy atom. The molecule has 0 saturated heterocycles. The summed E-state index contributed by atoms with van der Waals surface area (Å²) in [5, 5.41) is 7.76. The van der Waals surface area contributed by atoms with Gasteiger partial charge in [0.2, 0.25) is 0 Å². The Labute approximate surface area is 154 Å². The number of carbonyl (C=O) groups excluding carboxylic acids is 1. The number of rotatable bonds is 5. The van der Waals surface area contributed by atoms with Gasteiger partial charge in [0.05, 0.1) is 11.4 Å². The molecule has 3 rings (SSSR count). The Kier molecular flexibility index (Phi) is 5.21. The fourth-order valence-corrected chi connectivity index (χ4v) is 2.81. The van der Waals surface area contributed by atoms with E-state index in [1.54, 1.807) is 4.68 Å². The van der Waals surface area contributed by atoms with Crippen LogP contribution in [0.15, 0.2) is 54.6 Å². The Morgan fingerprint density at radius 1 is 1.08 bits per heavy atom. The summed E-state index contributed by atoms with van der Waals surface area (Å²) in [6, 6.07) is 18.0. The van der Waals surface area contributed by atoms with E-state index in [1.165, 1.54) is 0 Å². The minimum absolute atomic E-state index is 0.103. The Balaban J connectivity index is 2.10. The molecule has 0 atom stereocenters. The molecule has 4 nitrogen and oxygen atoms in total. The monoisotopic (exact) mass is 347 g/mol. The summed E-state index contributed by atoms with van der Waals surface area (Å²) in [6.45, 7) is 8.88. The van der Waals surface area contributed by atoms with E-state index >= 15 is 0 Å².